The van der Waals surface area contributed by atoms with Crippen molar-refractivity contribution in [3.63, 3.8) is 0 Å². The fourth-order valence-corrected chi connectivity index (χ4v) is 2.61. The molecule has 27 heavy (non-hydrogen) atoms. The van der Waals surface area contributed by atoms with Gasteiger partial charge in [-0.15, -0.1) is 0 Å². The summed E-state index contributed by atoms with van der Waals surface area (Å²) in [5, 5.41) is 3.38. The van der Waals surface area contributed by atoms with Crippen LogP contribution in [0.1, 0.15) is 24.1 Å². The first-order valence-electron chi connectivity index (χ1n) is 8.30. The molecule has 1 heterocycles. The van der Waals surface area contributed by atoms with Gasteiger partial charge in [0.1, 0.15) is 0 Å². The lowest BCUT2D eigenvalue weighted by Gasteiger charge is -2.14. The van der Waals surface area contributed by atoms with Crippen LogP contribution in [0.15, 0.2) is 48.5 Å². The van der Waals surface area contributed by atoms with Gasteiger partial charge in [0.2, 0.25) is 6.79 Å². The molecule has 0 saturated heterocycles. The van der Waals surface area contributed by atoms with E-state index in [0.29, 0.717) is 16.5 Å². The maximum Gasteiger partial charge on any atom is 0.331 e. The van der Waals surface area contributed by atoms with E-state index in [2.05, 4.69) is 5.32 Å². The van der Waals surface area contributed by atoms with Crippen molar-refractivity contribution in [2.45, 2.75) is 13.0 Å². The van der Waals surface area contributed by atoms with Crippen molar-refractivity contribution < 1.29 is 23.8 Å². The quantitative estimate of drug-likeness (QED) is 0.606. The second-order valence-corrected chi connectivity index (χ2v) is 6.33. The molecule has 140 valence electrons. The maximum absolute atomic E-state index is 11.9. The Bertz CT molecular complexity index is 863. The molecule has 3 rings (SSSR count). The first-order chi connectivity index (χ1) is 13.0. The van der Waals surface area contributed by atoms with Gasteiger partial charge >= 0.3 is 5.97 Å². The summed E-state index contributed by atoms with van der Waals surface area (Å²) in [7, 11) is 0. The van der Waals surface area contributed by atoms with Crippen LogP contribution < -0.4 is 14.8 Å². The minimum Gasteiger partial charge on any atom is -0.454 e. The standard InChI is InChI=1S/C20H18ClNO5/c1-13(15-4-6-16(21)7-5-15)22-19(23)11-25-20(24)9-3-14-2-8-17-18(10-14)27-12-26-17/h2-10,13H,11-12H2,1H3,(H,22,23)/b9-3+/t13-/m1/s1. The van der Waals surface area contributed by atoms with Crippen LogP contribution in [0.5, 0.6) is 11.5 Å². The van der Waals surface area contributed by atoms with Crippen LogP contribution in [0.4, 0.5) is 0 Å². The number of carbonyl (C=O) groups is 2. The smallest absolute Gasteiger partial charge is 0.331 e. The number of ether oxygens (including phenoxy) is 3. The zero-order valence-corrected chi connectivity index (χ0v) is 15.4. The van der Waals surface area contributed by atoms with E-state index in [-0.39, 0.29) is 25.3 Å². The molecule has 0 aliphatic carbocycles. The number of carbonyl (C=O) groups excluding carboxylic acids is 2. The molecule has 7 heteroatoms. The summed E-state index contributed by atoms with van der Waals surface area (Å²) in [6.07, 6.45) is 2.84. The Morgan fingerprint density at radius 3 is 2.70 bits per heavy atom. The van der Waals surface area contributed by atoms with Crippen molar-refractivity contribution in [2.75, 3.05) is 13.4 Å². The molecule has 1 aliphatic heterocycles. The van der Waals surface area contributed by atoms with Crippen LogP contribution in [0.25, 0.3) is 6.08 Å². The summed E-state index contributed by atoms with van der Waals surface area (Å²) in [6, 6.07) is 12.2. The van der Waals surface area contributed by atoms with Gasteiger partial charge in [-0.3, -0.25) is 4.79 Å². The Kier molecular flexibility index (Phi) is 5.98. The minimum absolute atomic E-state index is 0.189. The molecule has 0 spiro atoms. The van der Waals surface area contributed by atoms with Gasteiger partial charge in [-0.1, -0.05) is 29.8 Å². The number of rotatable bonds is 6. The van der Waals surface area contributed by atoms with E-state index in [4.69, 9.17) is 25.8 Å². The fraction of sp³-hybridized carbons (Fsp3) is 0.200. The SMILES string of the molecule is C[C@@H](NC(=O)COC(=O)/C=C/c1ccc2c(c1)OCO2)c1ccc(Cl)cc1. The molecule has 1 amide bonds. The Hall–Kier alpha value is -2.99. The number of fused-ring (bicyclic) bond motifs is 1. The second kappa shape index (κ2) is 8.60. The van der Waals surface area contributed by atoms with Crippen molar-refractivity contribution >= 4 is 29.6 Å². The third-order valence-electron chi connectivity index (χ3n) is 3.90. The third kappa shape index (κ3) is 5.24. The Morgan fingerprint density at radius 1 is 1.19 bits per heavy atom. The predicted octanol–water partition coefficient (Wildman–Crippen LogP) is 3.50. The molecule has 0 radical (unpaired) electrons. The molecule has 2 aromatic rings. The molecule has 0 bridgehead atoms. The molecule has 6 nitrogen and oxygen atoms in total. The Morgan fingerprint density at radius 2 is 1.93 bits per heavy atom. The molecular weight excluding hydrogens is 370 g/mol. The highest BCUT2D eigenvalue weighted by Crippen LogP contribution is 2.32. The van der Waals surface area contributed by atoms with Crippen molar-refractivity contribution in [1.82, 2.24) is 5.32 Å². The number of benzene rings is 2. The van der Waals surface area contributed by atoms with Crippen LogP contribution in [0.2, 0.25) is 5.02 Å². The largest absolute Gasteiger partial charge is 0.454 e. The minimum atomic E-state index is -0.609. The Labute approximate surface area is 161 Å². The van der Waals surface area contributed by atoms with Gasteiger partial charge in [0.05, 0.1) is 6.04 Å². The highest BCUT2D eigenvalue weighted by atomic mass is 35.5. The molecule has 0 unspecified atom stereocenters. The van der Waals surface area contributed by atoms with Crippen LogP contribution in [-0.2, 0) is 14.3 Å². The van der Waals surface area contributed by atoms with E-state index in [0.717, 1.165) is 11.1 Å². The zero-order chi connectivity index (χ0) is 19.2. The molecule has 0 saturated carbocycles. The summed E-state index contributed by atoms with van der Waals surface area (Å²) in [6.45, 7) is 1.67. The molecule has 0 aromatic heterocycles. The summed E-state index contributed by atoms with van der Waals surface area (Å²) in [5.74, 6) is 0.298. The zero-order valence-electron chi connectivity index (χ0n) is 14.6. The van der Waals surface area contributed by atoms with E-state index < -0.39 is 5.97 Å². The van der Waals surface area contributed by atoms with Gasteiger partial charge in [0.15, 0.2) is 18.1 Å². The highest BCUT2D eigenvalue weighted by Gasteiger charge is 2.13. The lowest BCUT2D eigenvalue weighted by Crippen LogP contribution is -2.30. The van der Waals surface area contributed by atoms with Crippen LogP contribution >= 0.6 is 11.6 Å². The summed E-state index contributed by atoms with van der Waals surface area (Å²) in [4.78, 5) is 23.7. The molecule has 0 fully saturated rings. The molecule has 2 aromatic carbocycles. The van der Waals surface area contributed by atoms with Crippen LogP contribution in [0, 0.1) is 0 Å². The highest BCUT2D eigenvalue weighted by molar-refractivity contribution is 6.30. The summed E-state index contributed by atoms with van der Waals surface area (Å²) < 4.78 is 15.5. The lowest BCUT2D eigenvalue weighted by atomic mass is 10.1. The van der Waals surface area contributed by atoms with Gasteiger partial charge in [-0.25, -0.2) is 4.79 Å². The summed E-state index contributed by atoms with van der Waals surface area (Å²) >= 11 is 5.84. The molecule has 1 aliphatic rings. The van der Waals surface area contributed by atoms with Gasteiger partial charge in [-0.05, 0) is 48.4 Å². The number of esters is 1. The predicted molar refractivity (Wildman–Crippen MR) is 101 cm³/mol. The number of hydrogen-bond donors (Lipinski definition) is 1. The van der Waals surface area contributed by atoms with Crippen LogP contribution in [0.3, 0.4) is 0 Å². The third-order valence-corrected chi connectivity index (χ3v) is 4.15. The second-order valence-electron chi connectivity index (χ2n) is 5.89. The van der Waals surface area contributed by atoms with E-state index >= 15 is 0 Å². The molecule has 1 N–H and O–H groups in total. The monoisotopic (exact) mass is 387 g/mol. The lowest BCUT2D eigenvalue weighted by molar-refractivity contribution is -0.144. The van der Waals surface area contributed by atoms with E-state index in [9.17, 15) is 9.59 Å². The van der Waals surface area contributed by atoms with Gasteiger partial charge in [0, 0.05) is 11.1 Å². The van der Waals surface area contributed by atoms with Gasteiger partial charge in [0.25, 0.3) is 5.91 Å². The number of amides is 1. The topological polar surface area (TPSA) is 73.9 Å². The molecular formula is C20H18ClNO5. The first-order valence-corrected chi connectivity index (χ1v) is 8.68. The molecule has 1 atom stereocenters. The van der Waals surface area contributed by atoms with Crippen LogP contribution in [-0.4, -0.2) is 25.3 Å². The van der Waals surface area contributed by atoms with Gasteiger partial charge < -0.3 is 19.5 Å². The Balaban J connectivity index is 1.45. The van der Waals surface area contributed by atoms with E-state index in [1.807, 2.05) is 19.1 Å². The average Bonchev–Trinajstić information content (AvgIpc) is 3.13. The average molecular weight is 388 g/mol. The normalized spacial score (nSPS) is 13.4. The number of hydrogen-bond acceptors (Lipinski definition) is 5. The fourth-order valence-electron chi connectivity index (χ4n) is 2.48. The van der Waals surface area contributed by atoms with Gasteiger partial charge in [-0.2, -0.15) is 0 Å². The number of halogens is 1. The van der Waals surface area contributed by atoms with E-state index in [1.54, 1.807) is 36.4 Å². The van der Waals surface area contributed by atoms with E-state index in [1.165, 1.54) is 6.08 Å². The summed E-state index contributed by atoms with van der Waals surface area (Å²) in [5.41, 5.74) is 1.67. The van der Waals surface area contributed by atoms with Crippen molar-refractivity contribution in [3.05, 3.63) is 64.7 Å². The number of nitrogens with one attached hydrogen (secondary N) is 1. The van der Waals surface area contributed by atoms with Crippen molar-refractivity contribution in [3.8, 4) is 11.5 Å². The van der Waals surface area contributed by atoms with Crippen molar-refractivity contribution in [1.29, 1.82) is 0 Å². The first kappa shape index (κ1) is 18.8. The van der Waals surface area contributed by atoms with Crippen molar-refractivity contribution in [2.24, 2.45) is 0 Å². The maximum atomic E-state index is 11.9.